The first-order valence-electron chi connectivity index (χ1n) is 8.08. The molecule has 2 aliphatic rings. The minimum Gasteiger partial charge on any atom is -0.481 e. The SMILES string of the molecule is CC(C)C1CCC(CC(=O)O)(N2CCN(C)CC2)CC1. The van der Waals surface area contributed by atoms with Crippen molar-refractivity contribution in [3.8, 4) is 0 Å². The normalized spacial score (nSPS) is 33.5. The fraction of sp³-hybridized carbons (Fsp3) is 0.938. The standard InChI is InChI=1S/C16H30N2O2/c1-13(2)14-4-6-16(7-5-14,12-15(19)20)18-10-8-17(3)9-11-18/h13-14H,4-12H2,1-3H3,(H,19,20). The van der Waals surface area contributed by atoms with Crippen molar-refractivity contribution in [1.82, 2.24) is 9.80 Å². The average molecular weight is 282 g/mol. The number of carboxylic acid groups (broad SMARTS) is 1. The van der Waals surface area contributed by atoms with Gasteiger partial charge in [-0.05, 0) is 44.6 Å². The lowest BCUT2D eigenvalue weighted by Gasteiger charge is -2.50. The Balaban J connectivity index is 2.05. The first-order chi connectivity index (χ1) is 9.43. The Morgan fingerprint density at radius 1 is 1.20 bits per heavy atom. The summed E-state index contributed by atoms with van der Waals surface area (Å²) in [6.45, 7) is 8.77. The predicted octanol–water partition coefficient (Wildman–Crippen LogP) is 2.29. The Bertz CT molecular complexity index is 327. The van der Waals surface area contributed by atoms with Crippen LogP contribution in [0.5, 0.6) is 0 Å². The molecule has 1 saturated carbocycles. The van der Waals surface area contributed by atoms with Gasteiger partial charge in [0.2, 0.25) is 0 Å². The highest BCUT2D eigenvalue weighted by molar-refractivity contribution is 5.68. The van der Waals surface area contributed by atoms with Crippen LogP contribution in [0, 0.1) is 11.8 Å². The Hall–Kier alpha value is -0.610. The van der Waals surface area contributed by atoms with Crippen LogP contribution in [0.3, 0.4) is 0 Å². The molecule has 116 valence electrons. The van der Waals surface area contributed by atoms with Crippen molar-refractivity contribution >= 4 is 5.97 Å². The molecule has 0 aromatic heterocycles. The van der Waals surface area contributed by atoms with E-state index in [4.69, 9.17) is 0 Å². The molecule has 1 heterocycles. The molecule has 1 saturated heterocycles. The predicted molar refractivity (Wildman–Crippen MR) is 80.8 cm³/mol. The van der Waals surface area contributed by atoms with Crippen molar-refractivity contribution in [3.63, 3.8) is 0 Å². The summed E-state index contributed by atoms with van der Waals surface area (Å²) in [4.78, 5) is 16.2. The van der Waals surface area contributed by atoms with Gasteiger partial charge in [-0.25, -0.2) is 0 Å². The first-order valence-corrected chi connectivity index (χ1v) is 8.08. The van der Waals surface area contributed by atoms with Gasteiger partial charge in [-0.15, -0.1) is 0 Å². The minimum atomic E-state index is -0.632. The molecular formula is C16H30N2O2. The van der Waals surface area contributed by atoms with Crippen LogP contribution in [0.1, 0.15) is 46.0 Å². The van der Waals surface area contributed by atoms with Crippen LogP contribution < -0.4 is 0 Å². The minimum absolute atomic E-state index is 0.0709. The maximum Gasteiger partial charge on any atom is 0.305 e. The van der Waals surface area contributed by atoms with Gasteiger partial charge in [0.15, 0.2) is 0 Å². The molecule has 0 aromatic carbocycles. The third-order valence-electron chi connectivity index (χ3n) is 5.56. The van der Waals surface area contributed by atoms with E-state index in [0.717, 1.165) is 50.9 Å². The van der Waals surface area contributed by atoms with Gasteiger partial charge < -0.3 is 10.0 Å². The van der Waals surface area contributed by atoms with Crippen LogP contribution in [0.25, 0.3) is 0 Å². The van der Waals surface area contributed by atoms with Crippen LogP contribution in [0.2, 0.25) is 0 Å². The van der Waals surface area contributed by atoms with Gasteiger partial charge in [-0.1, -0.05) is 13.8 Å². The molecule has 4 heteroatoms. The number of carboxylic acids is 1. The Morgan fingerprint density at radius 3 is 2.20 bits per heavy atom. The van der Waals surface area contributed by atoms with Gasteiger partial charge in [0.05, 0.1) is 6.42 Å². The van der Waals surface area contributed by atoms with Crippen LogP contribution >= 0.6 is 0 Å². The van der Waals surface area contributed by atoms with Gasteiger partial charge in [0.25, 0.3) is 0 Å². The molecule has 0 amide bonds. The van der Waals surface area contributed by atoms with Crippen molar-refractivity contribution in [3.05, 3.63) is 0 Å². The van der Waals surface area contributed by atoms with Crippen LogP contribution in [0.15, 0.2) is 0 Å². The van der Waals surface area contributed by atoms with E-state index in [0.29, 0.717) is 6.42 Å². The second kappa shape index (κ2) is 6.44. The number of nitrogens with zero attached hydrogens (tertiary/aromatic N) is 2. The number of piperazine rings is 1. The Kier molecular flexibility index (Phi) is 5.08. The first kappa shape index (κ1) is 15.8. The van der Waals surface area contributed by atoms with Crippen molar-refractivity contribution < 1.29 is 9.90 Å². The fourth-order valence-electron chi connectivity index (χ4n) is 4.01. The smallest absolute Gasteiger partial charge is 0.305 e. The van der Waals surface area contributed by atoms with Gasteiger partial charge in [-0.3, -0.25) is 9.69 Å². The Morgan fingerprint density at radius 2 is 1.75 bits per heavy atom. The van der Waals surface area contributed by atoms with Crippen molar-refractivity contribution in [2.45, 2.75) is 51.5 Å². The van der Waals surface area contributed by atoms with Crippen molar-refractivity contribution in [1.29, 1.82) is 0 Å². The summed E-state index contributed by atoms with van der Waals surface area (Å²) in [6, 6.07) is 0. The average Bonchev–Trinajstić information content (AvgIpc) is 2.39. The highest BCUT2D eigenvalue weighted by Gasteiger charge is 2.42. The second-order valence-corrected chi connectivity index (χ2v) is 7.17. The quantitative estimate of drug-likeness (QED) is 0.859. The molecule has 1 N–H and O–H groups in total. The number of hydrogen-bond donors (Lipinski definition) is 1. The van der Waals surface area contributed by atoms with Crippen LogP contribution in [0.4, 0.5) is 0 Å². The maximum atomic E-state index is 11.4. The zero-order chi connectivity index (χ0) is 14.8. The molecule has 2 rings (SSSR count). The molecular weight excluding hydrogens is 252 g/mol. The molecule has 0 aromatic rings. The second-order valence-electron chi connectivity index (χ2n) is 7.17. The Labute approximate surface area is 123 Å². The molecule has 0 atom stereocenters. The number of hydrogen-bond acceptors (Lipinski definition) is 3. The highest BCUT2D eigenvalue weighted by atomic mass is 16.4. The lowest BCUT2D eigenvalue weighted by molar-refractivity contribution is -0.142. The summed E-state index contributed by atoms with van der Waals surface area (Å²) in [7, 11) is 2.15. The summed E-state index contributed by atoms with van der Waals surface area (Å²) in [5, 5.41) is 9.35. The molecule has 0 bridgehead atoms. The number of likely N-dealkylation sites (N-methyl/N-ethyl adjacent to an activating group) is 1. The van der Waals surface area contributed by atoms with Crippen molar-refractivity contribution in [2.24, 2.45) is 11.8 Å². The summed E-state index contributed by atoms with van der Waals surface area (Å²) in [5.74, 6) is 0.877. The van der Waals surface area contributed by atoms with E-state index >= 15 is 0 Å². The number of aliphatic carboxylic acids is 1. The monoisotopic (exact) mass is 282 g/mol. The van der Waals surface area contributed by atoms with E-state index in [1.807, 2.05) is 0 Å². The van der Waals surface area contributed by atoms with E-state index in [1.54, 1.807) is 0 Å². The summed E-state index contributed by atoms with van der Waals surface area (Å²) in [6.07, 6.45) is 4.83. The van der Waals surface area contributed by atoms with E-state index < -0.39 is 5.97 Å². The van der Waals surface area contributed by atoms with E-state index in [2.05, 4.69) is 30.7 Å². The number of rotatable bonds is 4. The molecule has 2 fully saturated rings. The summed E-state index contributed by atoms with van der Waals surface area (Å²) < 4.78 is 0. The highest BCUT2D eigenvalue weighted by Crippen LogP contribution is 2.41. The van der Waals surface area contributed by atoms with E-state index in [9.17, 15) is 9.90 Å². The largest absolute Gasteiger partial charge is 0.481 e. The zero-order valence-corrected chi connectivity index (χ0v) is 13.3. The van der Waals surface area contributed by atoms with Crippen LogP contribution in [-0.4, -0.2) is 59.6 Å². The van der Waals surface area contributed by atoms with E-state index in [-0.39, 0.29) is 5.54 Å². The number of carbonyl (C=O) groups is 1. The van der Waals surface area contributed by atoms with Crippen LogP contribution in [-0.2, 0) is 4.79 Å². The molecule has 20 heavy (non-hydrogen) atoms. The lowest BCUT2D eigenvalue weighted by Crippen LogP contribution is -2.58. The van der Waals surface area contributed by atoms with E-state index in [1.165, 1.54) is 12.8 Å². The molecule has 0 spiro atoms. The van der Waals surface area contributed by atoms with Gasteiger partial charge >= 0.3 is 5.97 Å². The molecule has 0 radical (unpaired) electrons. The van der Waals surface area contributed by atoms with Gasteiger partial charge in [0, 0.05) is 31.7 Å². The van der Waals surface area contributed by atoms with Gasteiger partial charge in [0.1, 0.15) is 0 Å². The fourth-order valence-corrected chi connectivity index (χ4v) is 4.01. The summed E-state index contributed by atoms with van der Waals surface area (Å²) in [5.41, 5.74) is -0.0709. The molecule has 4 nitrogen and oxygen atoms in total. The topological polar surface area (TPSA) is 43.8 Å². The van der Waals surface area contributed by atoms with Gasteiger partial charge in [-0.2, -0.15) is 0 Å². The zero-order valence-electron chi connectivity index (χ0n) is 13.3. The molecule has 1 aliphatic carbocycles. The lowest BCUT2D eigenvalue weighted by atomic mass is 9.70. The third kappa shape index (κ3) is 3.53. The summed E-state index contributed by atoms with van der Waals surface area (Å²) >= 11 is 0. The van der Waals surface area contributed by atoms with Crippen molar-refractivity contribution in [2.75, 3.05) is 33.2 Å². The molecule has 1 aliphatic heterocycles. The molecule has 0 unspecified atom stereocenters. The third-order valence-corrected chi connectivity index (χ3v) is 5.56. The maximum absolute atomic E-state index is 11.4.